The molecule has 17 N–H and O–H groups in total. The quantitative estimate of drug-likeness (QED) is 0.0617. The second-order valence-corrected chi connectivity index (χ2v) is 18.5. The lowest BCUT2D eigenvalue weighted by Crippen LogP contribution is -2.61. The summed E-state index contributed by atoms with van der Waals surface area (Å²) in [5.41, 5.74) is 22.7. The van der Waals surface area contributed by atoms with Crippen molar-refractivity contribution in [3.63, 3.8) is 0 Å². The van der Waals surface area contributed by atoms with E-state index in [0.717, 1.165) is 21.6 Å². The zero-order valence-electron chi connectivity index (χ0n) is 37.1. The molecule has 1 aliphatic rings. The Kier molecular flexibility index (Phi) is 23.8. The molecular formula is C40H62N12O12S2. The van der Waals surface area contributed by atoms with Crippen LogP contribution in [0.3, 0.4) is 0 Å². The highest BCUT2D eigenvalue weighted by atomic mass is 33.1. The van der Waals surface area contributed by atoms with Crippen molar-refractivity contribution in [1.29, 1.82) is 0 Å². The molecule has 366 valence electrons. The van der Waals surface area contributed by atoms with Crippen molar-refractivity contribution < 1.29 is 57.8 Å². The largest absolute Gasteiger partial charge is 0.508 e. The van der Waals surface area contributed by atoms with Crippen LogP contribution in [0.5, 0.6) is 5.75 Å². The lowest BCUT2D eigenvalue weighted by Gasteiger charge is -2.29. The summed E-state index contributed by atoms with van der Waals surface area (Å²) in [6, 6.07) is -4.04. The van der Waals surface area contributed by atoms with Crippen molar-refractivity contribution in [2.45, 2.75) is 109 Å². The van der Waals surface area contributed by atoms with Crippen LogP contribution < -0.4 is 65.5 Å². The van der Waals surface area contributed by atoms with Crippen LogP contribution >= 0.6 is 21.6 Å². The minimum absolute atomic E-state index is 0.0509. The van der Waals surface area contributed by atoms with Gasteiger partial charge in [0.05, 0.1) is 25.6 Å². The maximum absolute atomic E-state index is 14.0. The minimum Gasteiger partial charge on any atom is -0.508 e. The van der Waals surface area contributed by atoms with Gasteiger partial charge < -0.3 is 70.6 Å². The van der Waals surface area contributed by atoms with Crippen LogP contribution in [0.1, 0.15) is 65.4 Å². The van der Waals surface area contributed by atoms with E-state index < -0.39 is 146 Å². The Labute approximate surface area is 389 Å². The van der Waals surface area contributed by atoms with Gasteiger partial charge in [0, 0.05) is 24.3 Å². The second-order valence-electron chi connectivity index (χ2n) is 16.0. The van der Waals surface area contributed by atoms with Gasteiger partial charge in [0.1, 0.15) is 42.0 Å². The molecule has 0 saturated carbocycles. The van der Waals surface area contributed by atoms with E-state index in [1.165, 1.54) is 24.3 Å². The van der Waals surface area contributed by atoms with E-state index in [-0.39, 0.29) is 36.0 Å². The molecule has 24 nitrogen and oxygen atoms in total. The molecule has 1 aromatic carbocycles. The second kappa shape index (κ2) is 28.0. The van der Waals surface area contributed by atoms with E-state index in [1.807, 2.05) is 0 Å². The van der Waals surface area contributed by atoms with Gasteiger partial charge in [-0.3, -0.25) is 52.7 Å². The number of primary amides is 3. The number of phenolic OH excluding ortho intramolecular Hbond substituents is 1. The first-order chi connectivity index (χ1) is 31.0. The Morgan fingerprint density at radius 1 is 0.727 bits per heavy atom. The Bertz CT molecular complexity index is 1930. The van der Waals surface area contributed by atoms with Gasteiger partial charge >= 0.3 is 0 Å². The molecule has 0 radical (unpaired) electrons. The first-order valence-corrected chi connectivity index (χ1v) is 23.5. The standard InChI is InChI=1S/C40H62N12O12S2/c1-5-20(4)33-40(64)48-24(10-11-29(42)54)37(61)50-27(14-30(43)55)38(62)51-28(36(60)46-16-32(57)47-25(12-19(2)3)35(59)45-15-31(44)56)18-66-65-17-23(41)34(58)49-26(39(63)52-33)13-21-6-8-22(53)9-7-21/h6-9,19-20,23-28,33,53H,5,10-18,41H2,1-4H3,(H2,42,54)(H2,43,55)(H2,44,56)(H,45,59)(H,46,60)(H,47,57)(H,48,64)(H,49,58)(H,50,61)(H,51,62)(H,52,63)/t20-,23+,24+,25-,26+,27-,28-,33-/m0/s1. The molecule has 1 saturated heterocycles. The fourth-order valence-electron chi connectivity index (χ4n) is 6.12. The molecule has 11 amide bonds. The van der Waals surface area contributed by atoms with Crippen molar-refractivity contribution in [3.05, 3.63) is 29.8 Å². The van der Waals surface area contributed by atoms with Gasteiger partial charge in [0.25, 0.3) is 0 Å². The SMILES string of the molecule is CC[C@H](C)[C@@H]1NC(=O)[C@@H](Cc2ccc(O)cc2)NC(=O)[C@H](N)CSSC[C@@H](C(=O)NCC(=O)N[C@@H](CC(C)C)C(=O)NCC(N)=O)NC(=O)[C@H](CC(N)=O)NC(=O)[C@@H](CCC(N)=O)NC1=O. The molecule has 0 bridgehead atoms. The Morgan fingerprint density at radius 3 is 1.91 bits per heavy atom. The molecule has 0 spiro atoms. The average molecular weight is 967 g/mol. The highest BCUT2D eigenvalue weighted by molar-refractivity contribution is 8.76. The van der Waals surface area contributed by atoms with Crippen molar-refractivity contribution in [3.8, 4) is 5.75 Å². The summed E-state index contributed by atoms with van der Waals surface area (Å²) in [5, 5.41) is 29.5. The van der Waals surface area contributed by atoms with Gasteiger partial charge in [-0.2, -0.15) is 0 Å². The lowest BCUT2D eigenvalue weighted by molar-refractivity contribution is -0.136. The fourth-order valence-corrected chi connectivity index (χ4v) is 8.40. The van der Waals surface area contributed by atoms with Gasteiger partial charge in [-0.25, -0.2) is 0 Å². The summed E-state index contributed by atoms with van der Waals surface area (Å²) < 4.78 is 0. The summed E-state index contributed by atoms with van der Waals surface area (Å²) in [5.74, 6) is -10.9. The zero-order valence-corrected chi connectivity index (χ0v) is 38.8. The Hall–Kier alpha value is -6.15. The summed E-state index contributed by atoms with van der Waals surface area (Å²) in [6.45, 7) is 5.76. The maximum atomic E-state index is 14.0. The van der Waals surface area contributed by atoms with E-state index in [0.29, 0.717) is 12.0 Å². The Balaban J connectivity index is 2.54. The molecular weight excluding hydrogens is 905 g/mol. The number of amides is 11. The van der Waals surface area contributed by atoms with Crippen LogP contribution in [0, 0.1) is 11.8 Å². The molecule has 1 fully saturated rings. The molecule has 1 aliphatic heterocycles. The number of nitrogens with two attached hydrogens (primary N) is 4. The van der Waals surface area contributed by atoms with Crippen molar-refractivity contribution in [2.24, 2.45) is 34.8 Å². The molecule has 0 aliphatic carbocycles. The van der Waals surface area contributed by atoms with Crippen LogP contribution in [0.15, 0.2) is 24.3 Å². The van der Waals surface area contributed by atoms with Gasteiger partial charge in [-0.15, -0.1) is 0 Å². The molecule has 66 heavy (non-hydrogen) atoms. The van der Waals surface area contributed by atoms with Crippen LogP contribution in [0.4, 0.5) is 0 Å². The van der Waals surface area contributed by atoms with Crippen molar-refractivity contribution >= 4 is 86.6 Å². The topological polar surface area (TPSA) is 408 Å². The third-order valence-corrected chi connectivity index (χ3v) is 12.4. The molecule has 8 atom stereocenters. The van der Waals surface area contributed by atoms with E-state index in [1.54, 1.807) is 27.7 Å². The molecule has 26 heteroatoms. The van der Waals surface area contributed by atoms with Crippen molar-refractivity contribution in [1.82, 2.24) is 42.5 Å². The predicted molar refractivity (Wildman–Crippen MR) is 243 cm³/mol. The van der Waals surface area contributed by atoms with Gasteiger partial charge in [0.2, 0.25) is 65.0 Å². The maximum Gasteiger partial charge on any atom is 0.243 e. The summed E-state index contributed by atoms with van der Waals surface area (Å²) in [4.78, 5) is 144. The monoisotopic (exact) mass is 966 g/mol. The highest BCUT2D eigenvalue weighted by Gasteiger charge is 2.36. The lowest BCUT2D eigenvalue weighted by atomic mass is 9.96. The number of hydrogen-bond acceptors (Lipinski definition) is 15. The number of carbonyl (C=O) groups is 11. The van der Waals surface area contributed by atoms with E-state index in [2.05, 4.69) is 42.5 Å². The minimum atomic E-state index is -1.76. The summed E-state index contributed by atoms with van der Waals surface area (Å²) in [7, 11) is 1.96. The third-order valence-electron chi connectivity index (χ3n) is 9.91. The Morgan fingerprint density at radius 2 is 1.32 bits per heavy atom. The average Bonchev–Trinajstić information content (AvgIpc) is 3.24. The highest BCUT2D eigenvalue weighted by Crippen LogP contribution is 2.23. The van der Waals surface area contributed by atoms with Gasteiger partial charge in [-0.1, -0.05) is 67.8 Å². The zero-order chi connectivity index (χ0) is 49.7. The molecule has 0 unspecified atom stereocenters. The molecule has 1 heterocycles. The first-order valence-electron chi connectivity index (χ1n) is 21.0. The number of aromatic hydroxyl groups is 1. The van der Waals surface area contributed by atoms with Crippen molar-refractivity contribution in [2.75, 3.05) is 24.6 Å². The smallest absolute Gasteiger partial charge is 0.243 e. The fraction of sp³-hybridized carbons (Fsp3) is 0.575. The normalized spacial score (nSPS) is 22.4. The van der Waals surface area contributed by atoms with E-state index in [9.17, 15) is 57.8 Å². The molecule has 2 rings (SSSR count). The number of hydrogen-bond donors (Lipinski definition) is 13. The van der Waals surface area contributed by atoms with E-state index in [4.69, 9.17) is 22.9 Å². The third kappa shape index (κ3) is 20.4. The van der Waals surface area contributed by atoms with Gasteiger partial charge in [-0.05, 0) is 42.4 Å². The van der Waals surface area contributed by atoms with E-state index >= 15 is 0 Å². The number of carbonyl (C=O) groups excluding carboxylic acids is 11. The number of phenols is 1. The summed E-state index contributed by atoms with van der Waals surface area (Å²) >= 11 is 0. The van der Waals surface area contributed by atoms with Crippen LogP contribution in [-0.2, 0) is 59.2 Å². The van der Waals surface area contributed by atoms with Crippen LogP contribution in [0.25, 0.3) is 0 Å². The number of nitrogens with one attached hydrogen (secondary N) is 8. The van der Waals surface area contributed by atoms with Crippen LogP contribution in [-0.4, -0.2) is 137 Å². The number of benzene rings is 1. The summed E-state index contributed by atoms with van der Waals surface area (Å²) in [6.07, 6.45) is -1.27. The first kappa shape index (κ1) is 56.0. The number of rotatable bonds is 18. The molecule has 1 aromatic rings. The predicted octanol–water partition coefficient (Wildman–Crippen LogP) is -4.48. The van der Waals surface area contributed by atoms with Gasteiger partial charge in [0.15, 0.2) is 0 Å². The molecule has 0 aromatic heterocycles. The van der Waals surface area contributed by atoms with Crippen LogP contribution in [0.2, 0.25) is 0 Å².